The summed E-state index contributed by atoms with van der Waals surface area (Å²) in [5.41, 5.74) is 2.56. The molecule has 8 heteroatoms. The molecular weight excluding hydrogens is 420 g/mol. The van der Waals surface area contributed by atoms with E-state index in [0.29, 0.717) is 18.8 Å². The summed E-state index contributed by atoms with van der Waals surface area (Å²) in [5.74, 6) is -0.619. The Morgan fingerprint density at radius 2 is 1.85 bits per heavy atom. The number of benzene rings is 2. The minimum atomic E-state index is -0.716. The number of carbonyl (C=O) groups excluding carboxylic acids is 1. The van der Waals surface area contributed by atoms with Crippen molar-refractivity contribution in [2.45, 2.75) is 46.3 Å². The molecular formula is C25H28N4O4. The molecule has 1 amide bonds. The SMILES string of the molecule is Cc1cccc(Cn2c(=O)c(C(=O)NC[C@H]3CCCO3)nn(-c3cc(C)cc(C)c3)c2=O)c1. The monoisotopic (exact) mass is 448 g/mol. The molecule has 172 valence electrons. The Kier molecular flexibility index (Phi) is 6.55. The number of nitrogens with one attached hydrogen (secondary N) is 1. The van der Waals surface area contributed by atoms with E-state index in [2.05, 4.69) is 10.4 Å². The van der Waals surface area contributed by atoms with Gasteiger partial charge >= 0.3 is 5.69 Å². The molecule has 2 aromatic carbocycles. The summed E-state index contributed by atoms with van der Waals surface area (Å²) >= 11 is 0. The topological polar surface area (TPSA) is 95.2 Å². The van der Waals surface area contributed by atoms with Gasteiger partial charge in [-0.25, -0.2) is 4.79 Å². The van der Waals surface area contributed by atoms with Crippen molar-refractivity contribution in [3.8, 4) is 5.69 Å². The highest BCUT2D eigenvalue weighted by Crippen LogP contribution is 2.12. The number of amides is 1. The highest BCUT2D eigenvalue weighted by Gasteiger charge is 2.23. The van der Waals surface area contributed by atoms with Crippen molar-refractivity contribution in [3.63, 3.8) is 0 Å². The number of ether oxygens (including phenoxy) is 1. The molecule has 1 saturated heterocycles. The maximum Gasteiger partial charge on any atom is 0.352 e. The molecule has 0 aliphatic carbocycles. The average Bonchev–Trinajstić information content (AvgIpc) is 3.28. The van der Waals surface area contributed by atoms with Gasteiger partial charge in [-0.3, -0.25) is 14.2 Å². The lowest BCUT2D eigenvalue weighted by molar-refractivity contribution is 0.0849. The lowest BCUT2D eigenvalue weighted by Gasteiger charge is -2.14. The first-order valence-electron chi connectivity index (χ1n) is 11.1. The quantitative estimate of drug-likeness (QED) is 0.624. The van der Waals surface area contributed by atoms with Crippen molar-refractivity contribution in [1.82, 2.24) is 19.7 Å². The van der Waals surface area contributed by atoms with Crippen LogP contribution in [0.1, 0.15) is 45.6 Å². The smallest absolute Gasteiger partial charge is 0.352 e. The minimum absolute atomic E-state index is 0.0404. The van der Waals surface area contributed by atoms with Gasteiger partial charge in [0.1, 0.15) is 0 Å². The molecule has 1 aliphatic rings. The maximum absolute atomic E-state index is 13.4. The van der Waals surface area contributed by atoms with E-state index in [1.54, 1.807) is 12.1 Å². The summed E-state index contributed by atoms with van der Waals surface area (Å²) in [6, 6.07) is 13.1. The van der Waals surface area contributed by atoms with Gasteiger partial charge in [0.05, 0.1) is 18.3 Å². The average molecular weight is 449 g/mol. The van der Waals surface area contributed by atoms with Crippen LogP contribution in [0.15, 0.2) is 52.1 Å². The Morgan fingerprint density at radius 3 is 2.52 bits per heavy atom. The normalized spacial score (nSPS) is 15.5. The first-order chi connectivity index (χ1) is 15.8. The van der Waals surface area contributed by atoms with Crippen LogP contribution in [0.25, 0.3) is 5.69 Å². The fraction of sp³-hybridized carbons (Fsp3) is 0.360. The lowest BCUT2D eigenvalue weighted by atomic mass is 10.1. The van der Waals surface area contributed by atoms with Gasteiger partial charge in [0, 0.05) is 13.2 Å². The molecule has 0 saturated carbocycles. The molecule has 1 aliphatic heterocycles. The molecule has 0 spiro atoms. The third kappa shape index (κ3) is 5.12. The van der Waals surface area contributed by atoms with Gasteiger partial charge in [-0.15, -0.1) is 0 Å². The van der Waals surface area contributed by atoms with Crippen molar-refractivity contribution in [3.05, 3.63) is 91.3 Å². The van der Waals surface area contributed by atoms with E-state index >= 15 is 0 Å². The fourth-order valence-corrected chi connectivity index (χ4v) is 4.13. The fourth-order valence-electron chi connectivity index (χ4n) is 4.13. The van der Waals surface area contributed by atoms with Gasteiger partial charge in [-0.1, -0.05) is 35.9 Å². The zero-order chi connectivity index (χ0) is 23.5. The minimum Gasteiger partial charge on any atom is -0.376 e. The van der Waals surface area contributed by atoms with Crippen molar-refractivity contribution >= 4 is 5.91 Å². The zero-order valence-electron chi connectivity index (χ0n) is 19.1. The van der Waals surface area contributed by atoms with Crippen LogP contribution in [-0.4, -0.2) is 39.5 Å². The third-order valence-corrected chi connectivity index (χ3v) is 5.66. The molecule has 0 bridgehead atoms. The van der Waals surface area contributed by atoms with Crippen LogP contribution in [-0.2, 0) is 11.3 Å². The molecule has 2 heterocycles. The van der Waals surface area contributed by atoms with E-state index in [1.807, 2.05) is 51.1 Å². The second kappa shape index (κ2) is 9.54. The molecule has 1 aromatic heterocycles. The van der Waals surface area contributed by atoms with Gasteiger partial charge in [-0.05, 0) is 62.4 Å². The second-order valence-electron chi connectivity index (χ2n) is 8.61. The van der Waals surface area contributed by atoms with Crippen LogP contribution < -0.4 is 16.6 Å². The number of aryl methyl sites for hydroxylation is 3. The summed E-state index contributed by atoms with van der Waals surface area (Å²) in [4.78, 5) is 39.5. The number of carbonyl (C=O) groups is 1. The summed E-state index contributed by atoms with van der Waals surface area (Å²) in [7, 11) is 0. The second-order valence-corrected chi connectivity index (χ2v) is 8.61. The number of hydrogen-bond acceptors (Lipinski definition) is 5. The predicted molar refractivity (Wildman–Crippen MR) is 125 cm³/mol. The van der Waals surface area contributed by atoms with Gasteiger partial charge in [0.15, 0.2) is 0 Å². The number of nitrogens with zero attached hydrogens (tertiary/aromatic N) is 3. The van der Waals surface area contributed by atoms with Crippen molar-refractivity contribution in [2.75, 3.05) is 13.2 Å². The molecule has 0 radical (unpaired) electrons. The molecule has 1 fully saturated rings. The highest BCUT2D eigenvalue weighted by atomic mass is 16.5. The maximum atomic E-state index is 13.4. The standard InChI is InChI=1S/C25H28N4O4/c1-16-6-4-7-19(11-16)15-28-24(31)22(23(30)26-14-21-8-5-9-33-21)27-29(25(28)32)20-12-17(2)10-18(3)13-20/h4,6-7,10-13,21H,5,8-9,14-15H2,1-3H3,(H,26,30)/t21-/m1/s1. The molecule has 3 aromatic rings. The van der Waals surface area contributed by atoms with Crippen molar-refractivity contribution in [1.29, 1.82) is 0 Å². The summed E-state index contributed by atoms with van der Waals surface area (Å²) in [6.07, 6.45) is 1.72. The number of rotatable bonds is 6. The van der Waals surface area contributed by atoms with E-state index in [-0.39, 0.29) is 18.3 Å². The molecule has 33 heavy (non-hydrogen) atoms. The van der Waals surface area contributed by atoms with E-state index in [1.165, 1.54) is 0 Å². The Hall–Kier alpha value is -3.52. The van der Waals surface area contributed by atoms with E-state index in [4.69, 9.17) is 4.74 Å². The van der Waals surface area contributed by atoms with E-state index in [9.17, 15) is 14.4 Å². The van der Waals surface area contributed by atoms with Crippen LogP contribution >= 0.6 is 0 Å². The molecule has 4 rings (SSSR count). The first kappa shape index (κ1) is 22.7. The van der Waals surface area contributed by atoms with Crippen molar-refractivity contribution in [2.24, 2.45) is 0 Å². The van der Waals surface area contributed by atoms with Gasteiger partial charge < -0.3 is 10.1 Å². The number of aromatic nitrogens is 3. The van der Waals surface area contributed by atoms with Crippen LogP contribution in [0.3, 0.4) is 0 Å². The molecule has 0 unspecified atom stereocenters. The third-order valence-electron chi connectivity index (χ3n) is 5.66. The van der Waals surface area contributed by atoms with Crippen LogP contribution in [0.2, 0.25) is 0 Å². The molecule has 1 atom stereocenters. The van der Waals surface area contributed by atoms with Crippen LogP contribution in [0.4, 0.5) is 0 Å². The molecule has 1 N–H and O–H groups in total. The van der Waals surface area contributed by atoms with E-state index in [0.717, 1.165) is 44.3 Å². The highest BCUT2D eigenvalue weighted by molar-refractivity contribution is 5.91. The van der Waals surface area contributed by atoms with Crippen LogP contribution in [0, 0.1) is 20.8 Å². The van der Waals surface area contributed by atoms with Gasteiger partial charge in [0.2, 0.25) is 5.69 Å². The predicted octanol–water partition coefficient (Wildman–Crippen LogP) is 2.28. The Labute approximate surface area is 191 Å². The first-order valence-corrected chi connectivity index (χ1v) is 11.1. The van der Waals surface area contributed by atoms with E-state index < -0.39 is 17.2 Å². The Balaban J connectivity index is 1.80. The largest absolute Gasteiger partial charge is 0.376 e. The van der Waals surface area contributed by atoms with Crippen LogP contribution in [0.5, 0.6) is 0 Å². The Bertz CT molecular complexity index is 1280. The lowest BCUT2D eigenvalue weighted by Crippen LogP contribution is -2.46. The zero-order valence-corrected chi connectivity index (χ0v) is 19.1. The summed E-state index contributed by atoms with van der Waals surface area (Å²) in [5, 5.41) is 6.95. The summed E-state index contributed by atoms with van der Waals surface area (Å²) in [6.45, 7) is 6.77. The Morgan fingerprint density at radius 1 is 1.09 bits per heavy atom. The molecule has 8 nitrogen and oxygen atoms in total. The van der Waals surface area contributed by atoms with Crippen molar-refractivity contribution < 1.29 is 9.53 Å². The van der Waals surface area contributed by atoms with Gasteiger partial charge in [-0.2, -0.15) is 9.78 Å². The summed E-state index contributed by atoms with van der Waals surface area (Å²) < 4.78 is 7.76. The number of hydrogen-bond donors (Lipinski definition) is 1. The van der Waals surface area contributed by atoms with Gasteiger partial charge in [0.25, 0.3) is 11.5 Å².